The molecule has 5 nitrogen and oxygen atoms in total. The molecule has 2 saturated heterocycles. The summed E-state index contributed by atoms with van der Waals surface area (Å²) in [5.74, 6) is 0.511. The number of morpholine rings is 1. The molecule has 2 aliphatic rings. The average Bonchev–Trinajstić information content (AvgIpc) is 3.02. The number of anilines is 1. The van der Waals surface area contributed by atoms with Crippen LogP contribution in [0.3, 0.4) is 0 Å². The third-order valence-corrected chi connectivity index (χ3v) is 4.69. The molecule has 2 fully saturated rings. The van der Waals surface area contributed by atoms with Gasteiger partial charge in [-0.2, -0.15) is 0 Å². The van der Waals surface area contributed by atoms with Crippen molar-refractivity contribution >= 4 is 22.4 Å². The Hall–Kier alpha value is -1.14. The Kier molecular flexibility index (Phi) is 3.98. The fourth-order valence-electron chi connectivity index (χ4n) is 2.73. The third-order valence-electron chi connectivity index (χ3n) is 3.86. The fraction of sp³-hybridized carbons (Fsp3) is 0.692. The minimum Gasteiger partial charge on any atom is -0.378 e. The number of piperidine rings is 1. The van der Waals surface area contributed by atoms with Crippen LogP contribution in [0, 0.1) is 5.92 Å². The number of rotatable bonds is 2. The largest absolute Gasteiger partial charge is 0.378 e. The van der Waals surface area contributed by atoms with Crippen LogP contribution in [0.5, 0.6) is 0 Å². The molecule has 104 valence electrons. The first kappa shape index (κ1) is 12.9. The summed E-state index contributed by atoms with van der Waals surface area (Å²) in [5, 5.41) is 3.08. The maximum Gasteiger partial charge on any atom is 0.225 e. The molecule has 0 unspecified atom stereocenters. The number of nitrogens with zero attached hydrogens (tertiary/aromatic N) is 3. The van der Waals surface area contributed by atoms with E-state index in [1.165, 1.54) is 0 Å². The van der Waals surface area contributed by atoms with E-state index < -0.39 is 0 Å². The molecule has 0 atom stereocenters. The Morgan fingerprint density at radius 2 is 2.00 bits per heavy atom. The second-order valence-electron chi connectivity index (χ2n) is 5.01. The molecular weight excluding hydrogens is 262 g/mol. The van der Waals surface area contributed by atoms with Crippen LogP contribution in [0.2, 0.25) is 0 Å². The van der Waals surface area contributed by atoms with Crippen LogP contribution in [0.15, 0.2) is 11.6 Å². The highest BCUT2D eigenvalue weighted by atomic mass is 32.1. The first-order valence-electron chi connectivity index (χ1n) is 6.85. The van der Waals surface area contributed by atoms with Gasteiger partial charge < -0.3 is 14.5 Å². The summed E-state index contributed by atoms with van der Waals surface area (Å²) in [6, 6.07) is 0. The molecule has 1 aromatic heterocycles. The second kappa shape index (κ2) is 5.88. The van der Waals surface area contributed by atoms with Gasteiger partial charge in [-0.05, 0) is 12.8 Å². The van der Waals surface area contributed by atoms with E-state index in [1.54, 1.807) is 11.3 Å². The van der Waals surface area contributed by atoms with Crippen LogP contribution in [0.25, 0.3) is 0 Å². The van der Waals surface area contributed by atoms with Crippen molar-refractivity contribution in [3.63, 3.8) is 0 Å². The third kappa shape index (κ3) is 2.90. The Labute approximate surface area is 117 Å². The zero-order chi connectivity index (χ0) is 13.1. The molecule has 3 heterocycles. The topological polar surface area (TPSA) is 45.7 Å². The molecular formula is C13H19N3O2S. The van der Waals surface area contributed by atoms with E-state index in [9.17, 15) is 4.79 Å². The van der Waals surface area contributed by atoms with Gasteiger partial charge in [0.15, 0.2) is 5.13 Å². The van der Waals surface area contributed by atoms with Crippen molar-refractivity contribution in [2.75, 3.05) is 44.3 Å². The molecule has 0 N–H and O–H groups in total. The first-order chi connectivity index (χ1) is 9.34. The molecule has 0 aliphatic carbocycles. The summed E-state index contributed by atoms with van der Waals surface area (Å²) in [7, 11) is 0. The molecule has 0 saturated carbocycles. The van der Waals surface area contributed by atoms with Gasteiger partial charge in [-0.3, -0.25) is 4.79 Å². The van der Waals surface area contributed by atoms with E-state index in [0.717, 1.165) is 44.2 Å². The van der Waals surface area contributed by atoms with E-state index in [4.69, 9.17) is 4.74 Å². The van der Waals surface area contributed by atoms with Crippen molar-refractivity contribution in [2.24, 2.45) is 5.92 Å². The van der Waals surface area contributed by atoms with E-state index >= 15 is 0 Å². The summed E-state index contributed by atoms with van der Waals surface area (Å²) in [6.07, 6.45) is 3.72. The van der Waals surface area contributed by atoms with Crippen molar-refractivity contribution in [1.82, 2.24) is 9.88 Å². The van der Waals surface area contributed by atoms with Crippen LogP contribution in [0.4, 0.5) is 5.13 Å². The number of aromatic nitrogens is 1. The van der Waals surface area contributed by atoms with Crippen molar-refractivity contribution in [3.05, 3.63) is 11.6 Å². The molecule has 6 heteroatoms. The number of carbonyl (C=O) groups is 1. The lowest BCUT2D eigenvalue weighted by atomic mass is 9.95. The monoisotopic (exact) mass is 281 g/mol. The molecule has 19 heavy (non-hydrogen) atoms. The smallest absolute Gasteiger partial charge is 0.225 e. The van der Waals surface area contributed by atoms with Crippen LogP contribution < -0.4 is 4.90 Å². The van der Waals surface area contributed by atoms with Gasteiger partial charge in [0.2, 0.25) is 5.91 Å². The van der Waals surface area contributed by atoms with E-state index in [2.05, 4.69) is 9.88 Å². The number of thiazole rings is 1. The van der Waals surface area contributed by atoms with Gasteiger partial charge in [0.05, 0.1) is 13.2 Å². The lowest BCUT2D eigenvalue weighted by molar-refractivity contribution is -0.140. The van der Waals surface area contributed by atoms with Gasteiger partial charge in [0.1, 0.15) is 0 Å². The molecule has 1 amide bonds. The molecule has 2 aliphatic heterocycles. The van der Waals surface area contributed by atoms with Crippen LogP contribution in [-0.4, -0.2) is 55.2 Å². The lowest BCUT2D eigenvalue weighted by Gasteiger charge is -2.35. The van der Waals surface area contributed by atoms with Gasteiger partial charge in [-0.15, -0.1) is 11.3 Å². The second-order valence-corrected chi connectivity index (χ2v) is 5.89. The maximum absolute atomic E-state index is 12.4. The Bertz CT molecular complexity index is 410. The number of hydrogen-bond acceptors (Lipinski definition) is 5. The van der Waals surface area contributed by atoms with E-state index in [-0.39, 0.29) is 5.92 Å². The average molecular weight is 281 g/mol. The summed E-state index contributed by atoms with van der Waals surface area (Å²) >= 11 is 1.67. The quantitative estimate of drug-likeness (QED) is 0.817. The highest BCUT2D eigenvalue weighted by Crippen LogP contribution is 2.26. The van der Waals surface area contributed by atoms with Gasteiger partial charge in [0.25, 0.3) is 0 Å². The van der Waals surface area contributed by atoms with Gasteiger partial charge in [-0.1, -0.05) is 0 Å². The Morgan fingerprint density at radius 1 is 1.26 bits per heavy atom. The fourth-order valence-corrected chi connectivity index (χ4v) is 3.43. The molecule has 3 rings (SSSR count). The van der Waals surface area contributed by atoms with Crippen LogP contribution in [-0.2, 0) is 9.53 Å². The van der Waals surface area contributed by atoms with Crippen molar-refractivity contribution in [1.29, 1.82) is 0 Å². The van der Waals surface area contributed by atoms with Gasteiger partial charge >= 0.3 is 0 Å². The molecule has 1 aromatic rings. The molecule has 0 aromatic carbocycles. The summed E-state index contributed by atoms with van der Waals surface area (Å²) in [5.41, 5.74) is 0. The van der Waals surface area contributed by atoms with Crippen LogP contribution in [0.1, 0.15) is 12.8 Å². The minimum atomic E-state index is 0.189. The van der Waals surface area contributed by atoms with Crippen molar-refractivity contribution < 1.29 is 9.53 Å². The molecule has 0 spiro atoms. The number of carbonyl (C=O) groups excluding carboxylic acids is 1. The zero-order valence-corrected chi connectivity index (χ0v) is 11.8. The predicted octanol–water partition coefficient (Wildman–Crippen LogP) is 1.22. The normalized spacial score (nSPS) is 21.7. The predicted molar refractivity (Wildman–Crippen MR) is 74.5 cm³/mol. The van der Waals surface area contributed by atoms with E-state index in [1.807, 2.05) is 16.5 Å². The standard InChI is InChI=1S/C13H19N3O2S/c17-12(15-6-8-18-9-7-15)11-1-4-16(5-2-11)13-14-3-10-19-13/h3,10-11H,1-2,4-9H2. The number of amides is 1. The Balaban J connectivity index is 1.53. The zero-order valence-electron chi connectivity index (χ0n) is 11.0. The first-order valence-corrected chi connectivity index (χ1v) is 7.73. The SMILES string of the molecule is O=C(C1CCN(c2nccs2)CC1)N1CCOCC1. The molecule has 0 radical (unpaired) electrons. The van der Waals surface area contributed by atoms with Gasteiger partial charge in [0, 0.05) is 43.7 Å². The maximum atomic E-state index is 12.4. The molecule has 0 bridgehead atoms. The van der Waals surface area contributed by atoms with Crippen molar-refractivity contribution in [2.45, 2.75) is 12.8 Å². The highest BCUT2D eigenvalue weighted by Gasteiger charge is 2.29. The highest BCUT2D eigenvalue weighted by molar-refractivity contribution is 7.13. The van der Waals surface area contributed by atoms with E-state index in [0.29, 0.717) is 19.1 Å². The Morgan fingerprint density at radius 3 is 2.63 bits per heavy atom. The number of ether oxygens (including phenoxy) is 1. The summed E-state index contributed by atoms with van der Waals surface area (Å²) in [4.78, 5) is 21.0. The lowest BCUT2D eigenvalue weighted by Crippen LogP contribution is -2.46. The summed E-state index contributed by atoms with van der Waals surface area (Å²) in [6.45, 7) is 4.76. The van der Waals surface area contributed by atoms with Crippen LogP contribution >= 0.6 is 11.3 Å². The minimum absolute atomic E-state index is 0.189. The summed E-state index contributed by atoms with van der Waals surface area (Å²) < 4.78 is 5.29. The van der Waals surface area contributed by atoms with Gasteiger partial charge in [-0.25, -0.2) is 4.98 Å². The number of hydrogen-bond donors (Lipinski definition) is 0. The van der Waals surface area contributed by atoms with Crippen molar-refractivity contribution in [3.8, 4) is 0 Å².